The summed E-state index contributed by atoms with van der Waals surface area (Å²) in [4.78, 5) is 21.3. The Morgan fingerprint density at radius 1 is 1.10 bits per heavy atom. The lowest BCUT2D eigenvalue weighted by molar-refractivity contribution is -0.137. The van der Waals surface area contributed by atoms with Gasteiger partial charge < -0.3 is 5.32 Å². The van der Waals surface area contributed by atoms with Crippen LogP contribution in [-0.4, -0.2) is 15.5 Å². The number of aromatic nitrogens is 2. The zero-order chi connectivity index (χ0) is 21.5. The summed E-state index contributed by atoms with van der Waals surface area (Å²) in [6.07, 6.45) is -5.37. The minimum absolute atomic E-state index is 0.0983. The topological polar surface area (TPSA) is 71.3 Å². The lowest BCUT2D eigenvalue weighted by Gasteiger charge is -2.27. The van der Waals surface area contributed by atoms with Crippen LogP contribution in [0.5, 0.6) is 0 Å². The van der Waals surface area contributed by atoms with Crippen LogP contribution in [0.4, 0.5) is 29.2 Å². The molecule has 0 bridgehead atoms. The van der Waals surface area contributed by atoms with Gasteiger partial charge >= 0.3 is 6.18 Å². The van der Waals surface area contributed by atoms with Crippen molar-refractivity contribution >= 4 is 17.6 Å². The summed E-state index contributed by atoms with van der Waals surface area (Å²) < 4.78 is 53.6. The number of rotatable bonds is 2. The number of nitrogens with one attached hydrogen (secondary N) is 2. The van der Waals surface area contributed by atoms with E-state index in [4.69, 9.17) is 0 Å². The average molecular weight is 417 g/mol. The molecule has 2 N–H and O–H groups in total. The fourth-order valence-electron chi connectivity index (χ4n) is 3.08. The van der Waals surface area contributed by atoms with Crippen molar-refractivity contribution in [3.05, 3.63) is 87.6 Å². The van der Waals surface area contributed by atoms with Crippen LogP contribution in [0.3, 0.4) is 0 Å². The number of guanidine groups is 1. The number of nitrogens with zero attached hydrogens (tertiary/aromatic N) is 3. The summed E-state index contributed by atoms with van der Waals surface area (Å²) in [5.41, 5.74) is -0.0738. The minimum Gasteiger partial charge on any atom is -0.326 e. The summed E-state index contributed by atoms with van der Waals surface area (Å²) in [6.45, 7) is 1.64. The summed E-state index contributed by atoms with van der Waals surface area (Å²) in [6, 6.07) is 11.4. The van der Waals surface area contributed by atoms with Gasteiger partial charge in [0.1, 0.15) is 5.82 Å². The number of aliphatic imine (C=N–C) groups is 1. The molecule has 1 atom stereocenters. The number of hydrogen-bond acceptors (Lipinski definition) is 5. The first kappa shape index (κ1) is 19.6. The standard InChI is InChI=1S/C20H15F4N5O/c1-11-9-16(30)29-17(12-5-7-14(21)8-6-12)27-18(28-19(29)25-11)26-15-4-2-3-13(10-15)20(22,23)24/h2-10,17H,1H3,(H2,25,26,27,28)/t17-/m0/s1. The Morgan fingerprint density at radius 3 is 2.53 bits per heavy atom. The van der Waals surface area contributed by atoms with Crippen molar-refractivity contribution < 1.29 is 17.6 Å². The van der Waals surface area contributed by atoms with E-state index in [1.807, 2.05) is 0 Å². The van der Waals surface area contributed by atoms with Crippen LogP contribution in [0.25, 0.3) is 0 Å². The van der Waals surface area contributed by atoms with Gasteiger partial charge in [0.05, 0.1) is 5.56 Å². The van der Waals surface area contributed by atoms with E-state index in [1.54, 1.807) is 6.92 Å². The predicted molar refractivity (Wildman–Crippen MR) is 104 cm³/mol. The van der Waals surface area contributed by atoms with E-state index in [9.17, 15) is 22.4 Å². The predicted octanol–water partition coefficient (Wildman–Crippen LogP) is 4.15. The SMILES string of the molecule is Cc1cc(=O)n2c(n1)NC(Nc1cccc(C(F)(F)F)c1)=N[C@@H]2c1ccc(F)cc1. The molecule has 10 heteroatoms. The van der Waals surface area contributed by atoms with Crippen LogP contribution in [0.1, 0.15) is 23.0 Å². The minimum atomic E-state index is -4.49. The lowest BCUT2D eigenvalue weighted by atomic mass is 10.1. The highest BCUT2D eigenvalue weighted by Gasteiger charge is 2.31. The Kier molecular flexibility index (Phi) is 4.76. The molecule has 0 aliphatic carbocycles. The molecule has 2 aromatic carbocycles. The number of benzene rings is 2. The Balaban J connectivity index is 1.76. The van der Waals surface area contributed by atoms with Gasteiger partial charge in [-0.2, -0.15) is 13.2 Å². The molecule has 4 rings (SSSR count). The molecule has 30 heavy (non-hydrogen) atoms. The van der Waals surface area contributed by atoms with Crippen LogP contribution in [0.15, 0.2) is 64.4 Å². The molecule has 0 radical (unpaired) electrons. The molecule has 3 aromatic rings. The first-order valence-corrected chi connectivity index (χ1v) is 8.85. The summed E-state index contributed by atoms with van der Waals surface area (Å²) in [7, 11) is 0. The Bertz CT molecular complexity index is 1190. The van der Waals surface area contributed by atoms with E-state index < -0.39 is 23.7 Å². The fraction of sp³-hybridized carbons (Fsp3) is 0.150. The summed E-state index contributed by atoms with van der Waals surface area (Å²) in [5.74, 6) is -0.187. The molecule has 0 unspecified atom stereocenters. The molecule has 0 amide bonds. The van der Waals surface area contributed by atoms with Crippen LogP contribution in [-0.2, 0) is 6.18 Å². The van der Waals surface area contributed by atoms with Crippen LogP contribution in [0.2, 0.25) is 0 Å². The normalized spacial score (nSPS) is 15.8. The van der Waals surface area contributed by atoms with E-state index in [0.717, 1.165) is 12.1 Å². The number of fused-ring (bicyclic) bond motifs is 1. The smallest absolute Gasteiger partial charge is 0.326 e. The second-order valence-corrected chi connectivity index (χ2v) is 6.66. The molecule has 1 aliphatic rings. The third-order valence-electron chi connectivity index (χ3n) is 4.43. The first-order chi connectivity index (χ1) is 14.2. The van der Waals surface area contributed by atoms with Crippen molar-refractivity contribution in [1.29, 1.82) is 0 Å². The summed E-state index contributed by atoms with van der Waals surface area (Å²) in [5, 5.41) is 5.63. The number of alkyl halides is 3. The fourth-order valence-corrected chi connectivity index (χ4v) is 3.08. The molecule has 1 aromatic heterocycles. The van der Waals surface area contributed by atoms with Gasteiger partial charge in [-0.05, 0) is 42.8 Å². The Morgan fingerprint density at radius 2 is 1.83 bits per heavy atom. The van der Waals surface area contributed by atoms with Crippen molar-refractivity contribution in [1.82, 2.24) is 9.55 Å². The molecule has 1 aliphatic heterocycles. The monoisotopic (exact) mass is 417 g/mol. The van der Waals surface area contributed by atoms with Gasteiger partial charge in [-0.3, -0.25) is 14.7 Å². The maximum absolute atomic E-state index is 13.3. The van der Waals surface area contributed by atoms with Crippen molar-refractivity contribution in [2.75, 3.05) is 10.6 Å². The molecule has 0 spiro atoms. The highest BCUT2D eigenvalue weighted by molar-refractivity contribution is 6.03. The lowest BCUT2D eigenvalue weighted by Crippen LogP contribution is -2.37. The third-order valence-corrected chi connectivity index (χ3v) is 4.43. The highest BCUT2D eigenvalue weighted by atomic mass is 19.4. The van der Waals surface area contributed by atoms with Crippen molar-refractivity contribution in [2.45, 2.75) is 19.3 Å². The second-order valence-electron chi connectivity index (χ2n) is 6.66. The van der Waals surface area contributed by atoms with E-state index in [1.165, 1.54) is 47.0 Å². The largest absolute Gasteiger partial charge is 0.416 e. The third kappa shape index (κ3) is 3.88. The van der Waals surface area contributed by atoms with E-state index in [2.05, 4.69) is 20.6 Å². The molecular formula is C20H15F4N5O. The van der Waals surface area contributed by atoms with Gasteiger partial charge in [0, 0.05) is 17.4 Å². The number of aryl methyl sites for hydroxylation is 1. The highest BCUT2D eigenvalue weighted by Crippen LogP contribution is 2.31. The summed E-state index contributed by atoms with van der Waals surface area (Å²) >= 11 is 0. The van der Waals surface area contributed by atoms with Crippen molar-refractivity contribution in [2.24, 2.45) is 4.99 Å². The molecule has 2 heterocycles. The van der Waals surface area contributed by atoms with Crippen LogP contribution in [0, 0.1) is 12.7 Å². The molecule has 0 saturated heterocycles. The Labute approximate surface area is 167 Å². The van der Waals surface area contributed by atoms with Gasteiger partial charge in [0.25, 0.3) is 5.56 Å². The number of halogens is 4. The zero-order valence-corrected chi connectivity index (χ0v) is 15.5. The molecule has 6 nitrogen and oxygen atoms in total. The van der Waals surface area contributed by atoms with Gasteiger partial charge in [0.15, 0.2) is 6.17 Å². The first-order valence-electron chi connectivity index (χ1n) is 8.85. The average Bonchev–Trinajstić information content (AvgIpc) is 2.67. The molecule has 0 saturated carbocycles. The maximum atomic E-state index is 13.3. The van der Waals surface area contributed by atoms with Crippen LogP contribution < -0.4 is 16.2 Å². The maximum Gasteiger partial charge on any atom is 0.416 e. The number of hydrogen-bond donors (Lipinski definition) is 2. The van der Waals surface area contributed by atoms with Gasteiger partial charge in [0.2, 0.25) is 11.9 Å². The van der Waals surface area contributed by atoms with Gasteiger partial charge in [-0.15, -0.1) is 0 Å². The second kappa shape index (κ2) is 7.29. The van der Waals surface area contributed by atoms with E-state index in [-0.39, 0.29) is 23.2 Å². The number of anilines is 2. The van der Waals surface area contributed by atoms with Crippen LogP contribution >= 0.6 is 0 Å². The molecule has 154 valence electrons. The van der Waals surface area contributed by atoms with E-state index in [0.29, 0.717) is 11.3 Å². The molecule has 0 fully saturated rings. The van der Waals surface area contributed by atoms with E-state index >= 15 is 0 Å². The quantitative estimate of drug-likeness (QED) is 0.615. The van der Waals surface area contributed by atoms with Crippen molar-refractivity contribution in [3.63, 3.8) is 0 Å². The zero-order valence-electron chi connectivity index (χ0n) is 15.5. The van der Waals surface area contributed by atoms with Gasteiger partial charge in [-0.25, -0.2) is 14.4 Å². The van der Waals surface area contributed by atoms with Crippen molar-refractivity contribution in [3.8, 4) is 0 Å². The molecular weight excluding hydrogens is 402 g/mol. The Hall–Kier alpha value is -3.69. The van der Waals surface area contributed by atoms with Gasteiger partial charge in [-0.1, -0.05) is 18.2 Å².